The average molecular weight is 252 g/mol. The Labute approximate surface area is 109 Å². The highest BCUT2D eigenvalue weighted by Crippen LogP contribution is 2.21. The third kappa shape index (κ3) is 3.23. The number of hydrogen-bond donors (Lipinski definition) is 1. The molecule has 1 unspecified atom stereocenters. The van der Waals surface area contributed by atoms with Crippen molar-refractivity contribution in [2.24, 2.45) is 0 Å². The Hall–Kier alpha value is -1.07. The molecule has 0 amide bonds. The normalized spacial score (nSPS) is 20.3. The lowest BCUT2D eigenvalue weighted by Crippen LogP contribution is -2.31. The summed E-state index contributed by atoms with van der Waals surface area (Å²) in [5.41, 5.74) is 0.979. The molecule has 1 fully saturated rings. The zero-order valence-electron chi connectivity index (χ0n) is 11.8. The van der Waals surface area contributed by atoms with Crippen LogP contribution in [0.2, 0.25) is 0 Å². The zero-order chi connectivity index (χ0) is 13.1. The number of nitrogens with one attached hydrogen (secondary N) is 1. The molecular formula is C13H24N4O. The van der Waals surface area contributed by atoms with E-state index in [-0.39, 0.29) is 0 Å². The zero-order valence-corrected chi connectivity index (χ0v) is 11.8. The molecule has 0 radical (unpaired) electrons. The summed E-state index contributed by atoms with van der Waals surface area (Å²) in [7, 11) is 4.25. The Morgan fingerprint density at radius 3 is 2.94 bits per heavy atom. The molecule has 2 heterocycles. The lowest BCUT2D eigenvalue weighted by Gasteiger charge is -2.19. The molecule has 5 nitrogen and oxygen atoms in total. The molecule has 1 atom stereocenters. The van der Waals surface area contributed by atoms with E-state index in [1.807, 2.05) is 0 Å². The van der Waals surface area contributed by atoms with Crippen LogP contribution in [0.4, 0.5) is 6.01 Å². The fourth-order valence-corrected chi connectivity index (χ4v) is 2.17. The Bertz CT molecular complexity index is 375. The average Bonchev–Trinajstić information content (AvgIpc) is 2.95. The van der Waals surface area contributed by atoms with Crippen LogP contribution in [-0.2, 0) is 6.54 Å². The van der Waals surface area contributed by atoms with Gasteiger partial charge in [0.1, 0.15) is 6.26 Å². The minimum atomic E-state index is 0.468. The second-order valence-corrected chi connectivity index (χ2v) is 5.51. The predicted molar refractivity (Wildman–Crippen MR) is 72.8 cm³/mol. The van der Waals surface area contributed by atoms with Crippen molar-refractivity contribution in [3.8, 4) is 0 Å². The van der Waals surface area contributed by atoms with Gasteiger partial charge in [-0.2, -0.15) is 4.98 Å². The summed E-state index contributed by atoms with van der Waals surface area (Å²) < 4.78 is 5.57. The third-order valence-electron chi connectivity index (χ3n) is 3.40. The molecule has 1 aromatic heterocycles. The first kappa shape index (κ1) is 13.4. The highest BCUT2D eigenvalue weighted by Gasteiger charge is 2.26. The van der Waals surface area contributed by atoms with Crippen molar-refractivity contribution >= 4 is 6.01 Å². The minimum absolute atomic E-state index is 0.468. The second-order valence-electron chi connectivity index (χ2n) is 5.51. The monoisotopic (exact) mass is 252 g/mol. The third-order valence-corrected chi connectivity index (χ3v) is 3.40. The largest absolute Gasteiger partial charge is 0.432 e. The highest BCUT2D eigenvalue weighted by molar-refractivity contribution is 5.29. The predicted octanol–water partition coefficient (Wildman–Crippen LogP) is 1.31. The van der Waals surface area contributed by atoms with Crippen LogP contribution in [0.25, 0.3) is 0 Å². The summed E-state index contributed by atoms with van der Waals surface area (Å²) in [6, 6.07) is 1.84. The van der Waals surface area contributed by atoms with Crippen molar-refractivity contribution in [1.82, 2.24) is 15.2 Å². The standard InChI is InChI=1S/C13H24N4O/c1-10(2)14-7-11-9-18-13(15-11)17-6-5-12(8-17)16(3)4/h9-10,12,14H,5-8H2,1-4H3. The molecule has 1 aromatic rings. The molecule has 0 saturated carbocycles. The van der Waals surface area contributed by atoms with Gasteiger partial charge in [-0.3, -0.25) is 0 Å². The number of aromatic nitrogens is 1. The van der Waals surface area contributed by atoms with Crippen LogP contribution in [0.3, 0.4) is 0 Å². The topological polar surface area (TPSA) is 44.5 Å². The van der Waals surface area contributed by atoms with Crippen molar-refractivity contribution < 1.29 is 4.42 Å². The summed E-state index contributed by atoms with van der Waals surface area (Å²) >= 11 is 0. The molecule has 0 spiro atoms. The van der Waals surface area contributed by atoms with Gasteiger partial charge < -0.3 is 19.5 Å². The summed E-state index contributed by atoms with van der Waals surface area (Å²) in [4.78, 5) is 9.03. The number of oxazole rings is 1. The van der Waals surface area contributed by atoms with Crippen LogP contribution in [0.1, 0.15) is 26.0 Å². The van der Waals surface area contributed by atoms with Gasteiger partial charge in [-0.25, -0.2) is 0 Å². The number of anilines is 1. The maximum Gasteiger partial charge on any atom is 0.297 e. The summed E-state index contributed by atoms with van der Waals surface area (Å²) in [5.74, 6) is 0. The Kier molecular flexibility index (Phi) is 4.24. The van der Waals surface area contributed by atoms with Crippen LogP contribution in [0, 0.1) is 0 Å². The van der Waals surface area contributed by atoms with E-state index < -0.39 is 0 Å². The number of likely N-dealkylation sites (N-methyl/N-ethyl adjacent to an activating group) is 1. The first-order valence-corrected chi connectivity index (χ1v) is 6.65. The van der Waals surface area contributed by atoms with E-state index in [9.17, 15) is 0 Å². The number of nitrogens with zero attached hydrogens (tertiary/aromatic N) is 3. The van der Waals surface area contributed by atoms with Crippen LogP contribution in [-0.4, -0.2) is 49.2 Å². The molecule has 1 saturated heterocycles. The van der Waals surface area contributed by atoms with Gasteiger partial charge in [0.15, 0.2) is 0 Å². The number of rotatable bonds is 5. The SMILES string of the molecule is CC(C)NCc1coc(N2CCC(N(C)C)C2)n1. The lowest BCUT2D eigenvalue weighted by atomic mass is 10.2. The van der Waals surface area contributed by atoms with Crippen molar-refractivity contribution in [2.75, 3.05) is 32.1 Å². The molecule has 1 N–H and O–H groups in total. The van der Waals surface area contributed by atoms with Crippen molar-refractivity contribution in [3.05, 3.63) is 12.0 Å². The maximum atomic E-state index is 5.57. The van der Waals surface area contributed by atoms with Crippen LogP contribution >= 0.6 is 0 Å². The van der Waals surface area contributed by atoms with Gasteiger partial charge in [0.25, 0.3) is 6.01 Å². The fourth-order valence-electron chi connectivity index (χ4n) is 2.17. The summed E-state index contributed by atoms with van der Waals surface area (Å²) in [6.45, 7) is 7.06. The molecule has 0 bridgehead atoms. The van der Waals surface area contributed by atoms with Crippen molar-refractivity contribution in [1.29, 1.82) is 0 Å². The summed E-state index contributed by atoms with van der Waals surface area (Å²) in [5, 5.41) is 3.34. The van der Waals surface area contributed by atoms with E-state index in [1.54, 1.807) is 6.26 Å². The van der Waals surface area contributed by atoms with Crippen molar-refractivity contribution in [3.63, 3.8) is 0 Å². The van der Waals surface area contributed by atoms with Crippen LogP contribution in [0.5, 0.6) is 0 Å². The molecule has 0 aliphatic carbocycles. The Morgan fingerprint density at radius 2 is 2.33 bits per heavy atom. The minimum Gasteiger partial charge on any atom is -0.432 e. The van der Waals surface area contributed by atoms with E-state index in [1.165, 1.54) is 6.42 Å². The highest BCUT2D eigenvalue weighted by atomic mass is 16.4. The molecule has 0 aromatic carbocycles. The van der Waals surface area contributed by atoms with Crippen molar-refractivity contribution in [2.45, 2.75) is 38.9 Å². The first-order valence-electron chi connectivity index (χ1n) is 6.65. The van der Waals surface area contributed by atoms with E-state index in [0.29, 0.717) is 12.1 Å². The molecule has 102 valence electrons. The van der Waals surface area contributed by atoms with Crippen LogP contribution in [0.15, 0.2) is 10.7 Å². The van der Waals surface area contributed by atoms with E-state index in [4.69, 9.17) is 4.42 Å². The first-order chi connectivity index (χ1) is 8.56. The van der Waals surface area contributed by atoms with Gasteiger partial charge in [-0.15, -0.1) is 0 Å². The summed E-state index contributed by atoms with van der Waals surface area (Å²) in [6.07, 6.45) is 2.93. The maximum absolute atomic E-state index is 5.57. The molecule has 18 heavy (non-hydrogen) atoms. The van der Waals surface area contributed by atoms with Gasteiger partial charge in [0.2, 0.25) is 0 Å². The van der Waals surface area contributed by atoms with Gasteiger partial charge in [-0.05, 0) is 20.5 Å². The number of hydrogen-bond acceptors (Lipinski definition) is 5. The van der Waals surface area contributed by atoms with E-state index >= 15 is 0 Å². The van der Waals surface area contributed by atoms with Gasteiger partial charge >= 0.3 is 0 Å². The molecule has 1 aliphatic heterocycles. The second kappa shape index (κ2) is 5.71. The molecule has 1 aliphatic rings. The quantitative estimate of drug-likeness (QED) is 0.856. The Morgan fingerprint density at radius 1 is 1.56 bits per heavy atom. The lowest BCUT2D eigenvalue weighted by molar-refractivity contribution is 0.315. The molecule has 5 heteroatoms. The van der Waals surface area contributed by atoms with E-state index in [0.717, 1.165) is 31.3 Å². The molecule has 2 rings (SSSR count). The van der Waals surface area contributed by atoms with Gasteiger partial charge in [-0.1, -0.05) is 13.8 Å². The van der Waals surface area contributed by atoms with E-state index in [2.05, 4.69) is 48.0 Å². The van der Waals surface area contributed by atoms with Gasteiger partial charge in [0.05, 0.1) is 5.69 Å². The Balaban J connectivity index is 1.90. The van der Waals surface area contributed by atoms with Gasteiger partial charge in [0, 0.05) is 31.7 Å². The smallest absolute Gasteiger partial charge is 0.297 e. The fraction of sp³-hybridized carbons (Fsp3) is 0.769. The molecular weight excluding hydrogens is 228 g/mol. The van der Waals surface area contributed by atoms with Crippen LogP contribution < -0.4 is 10.2 Å².